The Balaban J connectivity index is 2.54. The molecule has 0 amide bonds. The smallest absolute Gasteiger partial charge is 0.190 e. The zero-order valence-corrected chi connectivity index (χ0v) is 6.83. The van der Waals surface area contributed by atoms with Crippen LogP contribution in [0, 0.1) is 6.92 Å². The van der Waals surface area contributed by atoms with E-state index in [9.17, 15) is 4.79 Å². The van der Waals surface area contributed by atoms with Gasteiger partial charge in [-0.25, -0.2) is 0 Å². The molecule has 2 heterocycles. The van der Waals surface area contributed by atoms with Gasteiger partial charge in [-0.2, -0.15) is 0 Å². The van der Waals surface area contributed by atoms with E-state index in [-0.39, 0.29) is 12.4 Å². The van der Waals surface area contributed by atoms with E-state index >= 15 is 0 Å². The van der Waals surface area contributed by atoms with Gasteiger partial charge in [0.1, 0.15) is 6.61 Å². The first-order chi connectivity index (χ1) is 5.77. The van der Waals surface area contributed by atoms with Gasteiger partial charge in [-0.15, -0.1) is 0 Å². The Morgan fingerprint density at radius 3 is 3.17 bits per heavy atom. The predicted molar refractivity (Wildman–Crippen MR) is 43.0 cm³/mol. The molecule has 62 valence electrons. The Bertz CT molecular complexity index is 333. The van der Waals surface area contributed by atoms with Crippen LogP contribution in [0.5, 0.6) is 0 Å². The number of aryl methyl sites for hydroxylation is 1. The van der Waals surface area contributed by atoms with Crippen molar-refractivity contribution in [2.45, 2.75) is 13.5 Å². The molecule has 0 N–H and O–H groups in total. The first-order valence-electron chi connectivity index (χ1n) is 3.84. The number of fused-ring (bicyclic) bond motifs is 1. The molecule has 1 aliphatic heterocycles. The molecular formula is C9H9NO2. The summed E-state index contributed by atoms with van der Waals surface area (Å²) >= 11 is 0. The summed E-state index contributed by atoms with van der Waals surface area (Å²) in [6, 6.07) is 1.87. The maximum atomic E-state index is 11.3. The van der Waals surface area contributed by atoms with Crippen molar-refractivity contribution >= 4 is 5.78 Å². The predicted octanol–water partition coefficient (Wildman–Crippen LogP) is 1.10. The lowest BCUT2D eigenvalue weighted by Crippen LogP contribution is -2.19. The van der Waals surface area contributed by atoms with E-state index < -0.39 is 0 Å². The molecule has 0 saturated carbocycles. The van der Waals surface area contributed by atoms with E-state index in [1.807, 2.05) is 13.0 Å². The maximum absolute atomic E-state index is 11.3. The zero-order valence-electron chi connectivity index (χ0n) is 6.83. The van der Waals surface area contributed by atoms with E-state index in [1.54, 1.807) is 6.20 Å². The number of hydrogen-bond donors (Lipinski definition) is 0. The van der Waals surface area contributed by atoms with Crippen LogP contribution in [0.1, 0.15) is 21.6 Å². The van der Waals surface area contributed by atoms with E-state index in [0.29, 0.717) is 6.61 Å². The van der Waals surface area contributed by atoms with E-state index in [0.717, 1.165) is 16.8 Å². The molecule has 1 aromatic rings. The number of Topliss-reactive ketones (excluding diaryl/α,β-unsaturated/α-hetero) is 1. The van der Waals surface area contributed by atoms with Crippen molar-refractivity contribution in [1.82, 2.24) is 4.98 Å². The first kappa shape index (κ1) is 7.43. The minimum atomic E-state index is 0.0347. The van der Waals surface area contributed by atoms with Gasteiger partial charge in [0.25, 0.3) is 0 Å². The third-order valence-electron chi connectivity index (χ3n) is 1.88. The van der Waals surface area contributed by atoms with Gasteiger partial charge in [0, 0.05) is 11.8 Å². The van der Waals surface area contributed by atoms with Gasteiger partial charge in [-0.05, 0) is 18.6 Å². The minimum absolute atomic E-state index is 0.0347. The molecule has 3 nitrogen and oxygen atoms in total. The van der Waals surface area contributed by atoms with Gasteiger partial charge in [-0.1, -0.05) is 0 Å². The van der Waals surface area contributed by atoms with Gasteiger partial charge < -0.3 is 4.74 Å². The Labute approximate surface area is 70.4 Å². The lowest BCUT2D eigenvalue weighted by molar-refractivity contribution is 0.0655. The topological polar surface area (TPSA) is 39.2 Å². The van der Waals surface area contributed by atoms with E-state index in [1.165, 1.54) is 0 Å². The zero-order chi connectivity index (χ0) is 8.55. The molecule has 3 heteroatoms. The highest BCUT2D eigenvalue weighted by Crippen LogP contribution is 2.14. The summed E-state index contributed by atoms with van der Waals surface area (Å²) in [5.41, 5.74) is 2.50. The van der Waals surface area contributed by atoms with E-state index in [2.05, 4.69) is 4.98 Å². The van der Waals surface area contributed by atoms with Crippen LogP contribution >= 0.6 is 0 Å². The van der Waals surface area contributed by atoms with Crippen LogP contribution < -0.4 is 0 Å². The van der Waals surface area contributed by atoms with Crippen molar-refractivity contribution < 1.29 is 9.53 Å². The number of rotatable bonds is 0. The van der Waals surface area contributed by atoms with Crippen LogP contribution in [-0.4, -0.2) is 17.4 Å². The summed E-state index contributed by atoms with van der Waals surface area (Å²) < 4.78 is 5.04. The highest BCUT2D eigenvalue weighted by Gasteiger charge is 2.18. The van der Waals surface area contributed by atoms with Crippen LogP contribution in [-0.2, 0) is 11.3 Å². The lowest BCUT2D eigenvalue weighted by Gasteiger charge is -2.13. The molecule has 0 aromatic carbocycles. The number of ether oxygens (including phenoxy) is 1. The average Bonchev–Trinajstić information content (AvgIpc) is 2.07. The number of aromatic nitrogens is 1. The number of ketones is 1. The molecular weight excluding hydrogens is 154 g/mol. The summed E-state index contributed by atoms with van der Waals surface area (Å²) in [7, 11) is 0. The van der Waals surface area contributed by atoms with Crippen molar-refractivity contribution in [3.05, 3.63) is 29.1 Å². The molecule has 0 atom stereocenters. The van der Waals surface area contributed by atoms with Gasteiger partial charge >= 0.3 is 0 Å². The third kappa shape index (κ3) is 1.12. The van der Waals surface area contributed by atoms with Crippen LogP contribution in [0.25, 0.3) is 0 Å². The van der Waals surface area contributed by atoms with Crippen molar-refractivity contribution in [2.75, 3.05) is 6.61 Å². The SMILES string of the molecule is Cc1cnc2c(c1)C(=O)COC2. The fourth-order valence-corrected chi connectivity index (χ4v) is 1.27. The molecule has 0 radical (unpaired) electrons. The van der Waals surface area contributed by atoms with Gasteiger partial charge in [0.05, 0.1) is 12.3 Å². The Morgan fingerprint density at radius 2 is 2.33 bits per heavy atom. The molecule has 2 rings (SSSR count). The molecule has 12 heavy (non-hydrogen) atoms. The summed E-state index contributed by atoms with van der Waals surface area (Å²) in [4.78, 5) is 15.4. The lowest BCUT2D eigenvalue weighted by atomic mass is 10.1. The molecule has 0 unspecified atom stereocenters. The number of carbonyl (C=O) groups excluding carboxylic acids is 1. The van der Waals surface area contributed by atoms with Crippen LogP contribution in [0.15, 0.2) is 12.3 Å². The average molecular weight is 163 g/mol. The normalized spacial score (nSPS) is 15.9. The fraction of sp³-hybridized carbons (Fsp3) is 0.333. The second-order valence-electron chi connectivity index (χ2n) is 2.92. The Hall–Kier alpha value is -1.22. The number of carbonyl (C=O) groups is 1. The molecule has 0 saturated heterocycles. The quantitative estimate of drug-likeness (QED) is 0.575. The van der Waals surface area contributed by atoms with Crippen LogP contribution in [0.2, 0.25) is 0 Å². The standard InChI is InChI=1S/C9H9NO2/c1-6-2-7-8(10-3-6)4-12-5-9(7)11/h2-3H,4-5H2,1H3. The highest BCUT2D eigenvalue weighted by atomic mass is 16.5. The third-order valence-corrected chi connectivity index (χ3v) is 1.88. The van der Waals surface area contributed by atoms with Crippen molar-refractivity contribution in [2.24, 2.45) is 0 Å². The maximum Gasteiger partial charge on any atom is 0.190 e. The molecule has 0 bridgehead atoms. The first-order valence-corrected chi connectivity index (χ1v) is 3.84. The van der Waals surface area contributed by atoms with Gasteiger partial charge in [0.15, 0.2) is 5.78 Å². The molecule has 0 aliphatic carbocycles. The molecule has 0 spiro atoms. The van der Waals surface area contributed by atoms with Crippen molar-refractivity contribution in [3.63, 3.8) is 0 Å². The molecule has 0 fully saturated rings. The Morgan fingerprint density at radius 1 is 1.50 bits per heavy atom. The second kappa shape index (κ2) is 2.68. The van der Waals surface area contributed by atoms with Crippen LogP contribution in [0.4, 0.5) is 0 Å². The van der Waals surface area contributed by atoms with Crippen LogP contribution in [0.3, 0.4) is 0 Å². The number of nitrogens with zero attached hydrogens (tertiary/aromatic N) is 1. The summed E-state index contributed by atoms with van der Waals surface area (Å²) in [6.45, 7) is 2.58. The highest BCUT2D eigenvalue weighted by molar-refractivity contribution is 5.98. The number of hydrogen-bond acceptors (Lipinski definition) is 3. The molecule has 1 aromatic heterocycles. The monoisotopic (exact) mass is 163 g/mol. The van der Waals surface area contributed by atoms with Crippen molar-refractivity contribution in [1.29, 1.82) is 0 Å². The molecule has 1 aliphatic rings. The second-order valence-corrected chi connectivity index (χ2v) is 2.92. The van der Waals surface area contributed by atoms with Crippen molar-refractivity contribution in [3.8, 4) is 0 Å². The number of pyridine rings is 1. The summed E-state index contributed by atoms with van der Waals surface area (Å²) in [5, 5.41) is 0. The largest absolute Gasteiger partial charge is 0.367 e. The minimum Gasteiger partial charge on any atom is -0.367 e. The van der Waals surface area contributed by atoms with E-state index in [4.69, 9.17) is 4.74 Å². The summed E-state index contributed by atoms with van der Waals surface area (Å²) in [6.07, 6.45) is 1.75. The Kier molecular flexibility index (Phi) is 1.66. The summed E-state index contributed by atoms with van der Waals surface area (Å²) in [5.74, 6) is 0.0347. The van der Waals surface area contributed by atoms with Gasteiger partial charge in [0.2, 0.25) is 0 Å². The van der Waals surface area contributed by atoms with Gasteiger partial charge in [-0.3, -0.25) is 9.78 Å². The fourth-order valence-electron chi connectivity index (χ4n) is 1.27.